The lowest BCUT2D eigenvalue weighted by atomic mass is 9.46. The Kier molecular flexibility index (Phi) is 18.4. The summed E-state index contributed by atoms with van der Waals surface area (Å²) in [7, 11) is 0. The molecule has 4 saturated heterocycles. The number of hydrogen-bond donors (Lipinski definition) is 14. The fourth-order valence-corrected chi connectivity index (χ4v) is 13.9. The van der Waals surface area contributed by atoms with Crippen molar-refractivity contribution < 1.29 is 109 Å². The lowest BCUT2D eigenvalue weighted by Crippen LogP contribution is -2.67. The van der Waals surface area contributed by atoms with Crippen LogP contribution in [-0.4, -0.2) is 233 Å². The van der Waals surface area contributed by atoms with Gasteiger partial charge in [0.2, 0.25) is 0 Å². The summed E-state index contributed by atoms with van der Waals surface area (Å²) in [5, 5.41) is 151. The highest BCUT2D eigenvalue weighted by molar-refractivity contribution is 5.26. The van der Waals surface area contributed by atoms with E-state index in [0.717, 1.165) is 25.7 Å². The molecule has 0 amide bonds. The van der Waals surface area contributed by atoms with Crippen molar-refractivity contribution >= 4 is 0 Å². The van der Waals surface area contributed by atoms with Gasteiger partial charge >= 0.3 is 0 Å². The lowest BCUT2D eigenvalue weighted by Gasteiger charge is -2.59. The van der Waals surface area contributed by atoms with Gasteiger partial charge in [0.15, 0.2) is 25.2 Å². The molecule has 8 aliphatic rings. The molecule has 4 aliphatic carbocycles. The average molecular weight is 1040 g/mol. The monoisotopic (exact) mass is 1030 g/mol. The van der Waals surface area contributed by atoms with Crippen molar-refractivity contribution in [2.75, 3.05) is 33.0 Å². The third-order valence-electron chi connectivity index (χ3n) is 18.0. The van der Waals surface area contributed by atoms with Crippen LogP contribution in [0, 0.1) is 46.3 Å². The average Bonchev–Trinajstić information content (AvgIpc) is 3.63. The van der Waals surface area contributed by atoms with Crippen LogP contribution in [0.5, 0.6) is 0 Å². The molecule has 28 atom stereocenters. The van der Waals surface area contributed by atoms with Crippen molar-refractivity contribution in [2.45, 2.75) is 208 Å². The Hall–Kier alpha value is -1.40. The fraction of sp³-hybridized carbons (Fsp3) is 0.920. The standard InChI is InChI=1S/C50H82O22/c1-21(2)6-5-7-22(16-51)27-15-28(55)33-25-9-8-23-14-24(10-12-49(23,3)26(25)11-13-50(27,33)4)66-47-41(64)43(42(32(19-54)69-47)70-45-39(62)37(60)35(58)30(17-52)67-45)71-48-44(34(57)29(56)20-65-48)72-46-40(63)38(61)36(59)31(18-53)68-46/h5,7-8,21-22,24-48,51-64H,6,9-20H2,1-4H3/b7-5+/t22?,24-,25+,26?,27?,28?,29+,30?,31?,32?,33?,34?,35-,36-,37?,38?,39?,40?,41?,42+,43?,44?,45-,46+,47+,48-,49-,50+/m0/s1. The van der Waals surface area contributed by atoms with Crippen LogP contribution >= 0.6 is 0 Å². The number of aliphatic hydroxyl groups is 14. The van der Waals surface area contributed by atoms with E-state index in [9.17, 15) is 71.5 Å². The molecule has 3 saturated carbocycles. The number of allylic oxidation sites excluding steroid dienone is 2. The third kappa shape index (κ3) is 10.8. The van der Waals surface area contributed by atoms with Gasteiger partial charge in [-0.3, -0.25) is 0 Å². The number of ether oxygens (including phenoxy) is 8. The molecule has 0 radical (unpaired) electrons. The highest BCUT2D eigenvalue weighted by Crippen LogP contribution is 2.67. The lowest BCUT2D eigenvalue weighted by molar-refractivity contribution is -0.396. The maximum Gasteiger partial charge on any atom is 0.187 e. The first-order valence-electron chi connectivity index (χ1n) is 26.0. The van der Waals surface area contributed by atoms with E-state index in [4.69, 9.17) is 37.9 Å². The van der Waals surface area contributed by atoms with E-state index in [1.54, 1.807) is 0 Å². The van der Waals surface area contributed by atoms with E-state index in [1.807, 2.05) is 0 Å². The Morgan fingerprint density at radius 3 is 1.82 bits per heavy atom. The number of hydrogen-bond acceptors (Lipinski definition) is 22. The molecule has 72 heavy (non-hydrogen) atoms. The van der Waals surface area contributed by atoms with Gasteiger partial charge in [-0.05, 0) is 91.8 Å². The van der Waals surface area contributed by atoms with Gasteiger partial charge in [0.25, 0.3) is 0 Å². The molecule has 0 aromatic heterocycles. The second-order valence-electron chi connectivity index (χ2n) is 22.7. The first-order valence-corrected chi connectivity index (χ1v) is 26.0. The van der Waals surface area contributed by atoms with E-state index in [0.29, 0.717) is 31.6 Å². The van der Waals surface area contributed by atoms with Gasteiger partial charge in [0.05, 0.1) is 38.6 Å². The van der Waals surface area contributed by atoms with Crippen LogP contribution in [0.4, 0.5) is 0 Å². The Morgan fingerprint density at radius 1 is 0.639 bits per heavy atom. The summed E-state index contributed by atoms with van der Waals surface area (Å²) in [4.78, 5) is 0. The van der Waals surface area contributed by atoms with E-state index in [-0.39, 0.29) is 47.0 Å². The summed E-state index contributed by atoms with van der Waals surface area (Å²) in [6, 6.07) is 0. The number of rotatable bonds is 16. The predicted molar refractivity (Wildman–Crippen MR) is 246 cm³/mol. The zero-order chi connectivity index (χ0) is 52.1. The van der Waals surface area contributed by atoms with E-state index in [2.05, 4.69) is 45.9 Å². The molecule has 22 nitrogen and oxygen atoms in total. The molecule has 22 heteroatoms. The van der Waals surface area contributed by atoms with Crippen LogP contribution < -0.4 is 0 Å². The van der Waals surface area contributed by atoms with Gasteiger partial charge in [-0.2, -0.15) is 0 Å². The minimum atomic E-state index is -1.95. The third-order valence-corrected chi connectivity index (χ3v) is 18.0. The largest absolute Gasteiger partial charge is 0.396 e. The van der Waals surface area contributed by atoms with Crippen LogP contribution in [0.1, 0.15) is 79.1 Å². The molecule has 14 N–H and O–H groups in total. The van der Waals surface area contributed by atoms with Crippen molar-refractivity contribution in [3.8, 4) is 0 Å². The Labute approximate surface area is 419 Å². The van der Waals surface area contributed by atoms with Gasteiger partial charge in [0.1, 0.15) is 91.6 Å². The maximum atomic E-state index is 12.3. The molecule has 8 rings (SSSR count). The van der Waals surface area contributed by atoms with Gasteiger partial charge in [-0.15, -0.1) is 0 Å². The van der Waals surface area contributed by atoms with E-state index in [1.165, 1.54) is 5.57 Å². The van der Waals surface area contributed by atoms with Crippen LogP contribution in [0.25, 0.3) is 0 Å². The van der Waals surface area contributed by atoms with E-state index < -0.39 is 155 Å². The van der Waals surface area contributed by atoms with Gasteiger partial charge in [-0.1, -0.05) is 51.5 Å². The molecule has 0 bridgehead atoms. The van der Waals surface area contributed by atoms with Crippen molar-refractivity contribution in [1.82, 2.24) is 0 Å². The smallest absolute Gasteiger partial charge is 0.187 e. The topological polar surface area (TPSA) is 357 Å². The molecule has 0 aromatic carbocycles. The molecule has 7 fully saturated rings. The zero-order valence-corrected chi connectivity index (χ0v) is 41.5. The molecule has 16 unspecified atom stereocenters. The quantitative estimate of drug-likeness (QED) is 0.0687. The summed E-state index contributed by atoms with van der Waals surface area (Å²) in [6.45, 7) is 5.98. The summed E-state index contributed by atoms with van der Waals surface area (Å²) in [5.41, 5.74) is 0.825. The Balaban J connectivity index is 1.02. The first kappa shape index (κ1) is 56.8. The highest BCUT2D eigenvalue weighted by atomic mass is 16.8. The minimum Gasteiger partial charge on any atom is -0.396 e. The molecule has 4 heterocycles. The Bertz CT molecular complexity index is 1820. The first-order chi connectivity index (χ1) is 34.2. The van der Waals surface area contributed by atoms with E-state index >= 15 is 0 Å². The van der Waals surface area contributed by atoms with Crippen molar-refractivity contribution in [2.24, 2.45) is 46.3 Å². The molecular weight excluding hydrogens is 953 g/mol. The normalized spacial score (nSPS) is 51.4. The molecule has 0 spiro atoms. The molecule has 4 aliphatic heterocycles. The van der Waals surface area contributed by atoms with Gasteiger partial charge in [-0.25, -0.2) is 0 Å². The van der Waals surface area contributed by atoms with Crippen LogP contribution in [0.3, 0.4) is 0 Å². The van der Waals surface area contributed by atoms with Crippen LogP contribution in [0.2, 0.25) is 0 Å². The predicted octanol–water partition coefficient (Wildman–Crippen LogP) is -2.96. The summed E-state index contributed by atoms with van der Waals surface area (Å²) >= 11 is 0. The molecule has 414 valence electrons. The van der Waals surface area contributed by atoms with Gasteiger partial charge < -0.3 is 109 Å². The van der Waals surface area contributed by atoms with Crippen molar-refractivity contribution in [3.05, 3.63) is 23.8 Å². The molecular formula is C50H82O22. The number of fused-ring (bicyclic) bond motifs is 5. The van der Waals surface area contributed by atoms with Gasteiger partial charge in [0, 0.05) is 12.5 Å². The summed E-state index contributed by atoms with van der Waals surface area (Å²) < 4.78 is 48.0. The van der Waals surface area contributed by atoms with Crippen LogP contribution in [-0.2, 0) is 37.9 Å². The molecule has 0 aromatic rings. The zero-order valence-electron chi connectivity index (χ0n) is 41.5. The van der Waals surface area contributed by atoms with Crippen molar-refractivity contribution in [3.63, 3.8) is 0 Å². The summed E-state index contributed by atoms with van der Waals surface area (Å²) in [6.07, 6.45) is -21.4. The van der Waals surface area contributed by atoms with Crippen molar-refractivity contribution in [1.29, 1.82) is 0 Å². The second kappa shape index (κ2) is 23.3. The maximum absolute atomic E-state index is 12.3. The SMILES string of the molecule is CC(C)C/C=C/C(CO)C1CC(O)C2[C@@H]3CC=C4C[C@@H](O[C@@H]5OC(CO)[C@@H](O[C@@H]6OC(CO)[C@H](O)C(O)C6O)C(O[C@@H]6OC[C@@H](O)C(O)C6O[C@H]6OC(CO)[C@H](O)C(O)C6O)C5O)CC[C@]4(C)C3CC[C@]12C. The second-order valence-corrected chi connectivity index (χ2v) is 22.7. The minimum absolute atomic E-state index is 0.0326. The summed E-state index contributed by atoms with van der Waals surface area (Å²) in [5.74, 6) is 1.19. The van der Waals surface area contributed by atoms with Crippen LogP contribution in [0.15, 0.2) is 23.8 Å². The number of aliphatic hydroxyl groups excluding tert-OH is 14. The Morgan fingerprint density at radius 2 is 1.22 bits per heavy atom. The highest BCUT2D eigenvalue weighted by Gasteiger charge is 2.63. The fourth-order valence-electron chi connectivity index (χ4n) is 13.9.